The molecule has 1 aliphatic rings. The molecule has 1 N–H and O–H groups in total. The lowest BCUT2D eigenvalue weighted by Crippen LogP contribution is -2.40. The molecule has 0 bridgehead atoms. The van der Waals surface area contributed by atoms with Crippen LogP contribution in [-0.2, 0) is 16.9 Å². The molecule has 0 aliphatic carbocycles. The van der Waals surface area contributed by atoms with E-state index in [0.29, 0.717) is 27.8 Å². The number of imide groups is 1. The van der Waals surface area contributed by atoms with Gasteiger partial charge in [-0.1, -0.05) is 24.3 Å². The number of carbonyl (C=O) groups is 2. The molecule has 1 fully saturated rings. The molecule has 29 heavy (non-hydrogen) atoms. The van der Waals surface area contributed by atoms with Crippen molar-refractivity contribution in [2.75, 3.05) is 7.11 Å². The van der Waals surface area contributed by atoms with Crippen molar-refractivity contribution in [2.45, 2.75) is 25.9 Å². The highest BCUT2D eigenvalue weighted by atomic mass is 16.5. The Morgan fingerprint density at radius 2 is 1.79 bits per heavy atom. The van der Waals surface area contributed by atoms with Gasteiger partial charge in [0.1, 0.15) is 16.9 Å². The van der Waals surface area contributed by atoms with Crippen LogP contribution in [-0.4, -0.2) is 23.9 Å². The number of carbonyl (C=O) groups excluding carboxylic acids is 2. The smallest absolute Gasteiger partial charge is 0.336 e. The van der Waals surface area contributed by atoms with E-state index in [1.165, 1.54) is 6.07 Å². The Morgan fingerprint density at radius 3 is 2.48 bits per heavy atom. The van der Waals surface area contributed by atoms with Gasteiger partial charge in [0.2, 0.25) is 0 Å². The number of hydrogen-bond acceptors (Lipinski definition) is 5. The molecule has 2 aromatic carbocycles. The summed E-state index contributed by atoms with van der Waals surface area (Å²) < 4.78 is 10.4. The number of methoxy groups -OCH3 is 1. The molecule has 7 heteroatoms. The van der Waals surface area contributed by atoms with E-state index in [2.05, 4.69) is 5.32 Å². The molecule has 0 spiro atoms. The van der Waals surface area contributed by atoms with E-state index < -0.39 is 17.2 Å². The number of urea groups is 1. The minimum Gasteiger partial charge on any atom is -0.497 e. The minimum absolute atomic E-state index is 0.0262. The van der Waals surface area contributed by atoms with Gasteiger partial charge in [-0.15, -0.1) is 0 Å². The molecule has 1 aliphatic heterocycles. The summed E-state index contributed by atoms with van der Waals surface area (Å²) in [6.45, 7) is 3.53. The summed E-state index contributed by atoms with van der Waals surface area (Å²) in [7, 11) is 1.56. The summed E-state index contributed by atoms with van der Waals surface area (Å²) in [5, 5.41) is 3.46. The van der Waals surface area contributed by atoms with Crippen LogP contribution >= 0.6 is 0 Å². The molecular formula is C22H20N2O5. The average Bonchev–Trinajstić information content (AvgIpc) is 2.91. The number of aryl methyl sites for hydroxylation is 1. The monoisotopic (exact) mass is 392 g/mol. The minimum atomic E-state index is -1.20. The zero-order valence-corrected chi connectivity index (χ0v) is 16.3. The first kappa shape index (κ1) is 18.7. The summed E-state index contributed by atoms with van der Waals surface area (Å²) in [6, 6.07) is 13.2. The number of amides is 3. The molecule has 0 radical (unpaired) electrons. The fourth-order valence-electron chi connectivity index (χ4n) is 3.60. The lowest BCUT2D eigenvalue weighted by atomic mass is 9.92. The van der Waals surface area contributed by atoms with Crippen molar-refractivity contribution in [1.82, 2.24) is 10.2 Å². The fraction of sp³-hybridized carbons (Fsp3) is 0.227. The second kappa shape index (κ2) is 6.77. The van der Waals surface area contributed by atoms with Crippen LogP contribution in [0.15, 0.2) is 57.7 Å². The van der Waals surface area contributed by atoms with E-state index in [1.807, 2.05) is 19.1 Å². The molecule has 1 saturated heterocycles. The van der Waals surface area contributed by atoms with Crippen molar-refractivity contribution in [3.05, 3.63) is 75.6 Å². The van der Waals surface area contributed by atoms with Crippen LogP contribution in [0.25, 0.3) is 11.0 Å². The topological polar surface area (TPSA) is 88.8 Å². The number of hydrogen-bond donors (Lipinski definition) is 1. The summed E-state index contributed by atoms with van der Waals surface area (Å²) in [6.07, 6.45) is 0. The highest BCUT2D eigenvalue weighted by molar-refractivity contribution is 6.07. The molecule has 1 aromatic heterocycles. The molecule has 4 rings (SSSR count). The molecule has 3 amide bonds. The van der Waals surface area contributed by atoms with Crippen molar-refractivity contribution in [3.8, 4) is 5.75 Å². The molecule has 2 heterocycles. The van der Waals surface area contributed by atoms with Gasteiger partial charge in [-0.3, -0.25) is 9.69 Å². The van der Waals surface area contributed by atoms with Gasteiger partial charge in [0.25, 0.3) is 5.91 Å². The van der Waals surface area contributed by atoms with Crippen molar-refractivity contribution in [2.24, 2.45) is 0 Å². The van der Waals surface area contributed by atoms with Crippen LogP contribution < -0.4 is 15.7 Å². The van der Waals surface area contributed by atoms with Crippen molar-refractivity contribution in [1.29, 1.82) is 0 Å². The zero-order chi connectivity index (χ0) is 20.8. The number of nitrogens with one attached hydrogen (secondary N) is 1. The number of ether oxygens (including phenoxy) is 1. The fourth-order valence-corrected chi connectivity index (χ4v) is 3.60. The maximum absolute atomic E-state index is 13.2. The maximum atomic E-state index is 13.2. The molecule has 3 aromatic rings. The number of nitrogens with zero attached hydrogens (tertiary/aromatic N) is 1. The third kappa shape index (κ3) is 3.14. The lowest BCUT2D eigenvalue weighted by molar-refractivity contribution is -0.131. The Bertz CT molecular complexity index is 1180. The van der Waals surface area contributed by atoms with E-state index in [0.717, 1.165) is 10.5 Å². The Labute approximate surface area is 166 Å². The standard InChI is InChI=1S/C22H20N2O5/c1-13-4-9-17-14(11-19(25)29-18(17)10-13)12-24-20(26)22(2,23-21(24)27)15-5-7-16(28-3)8-6-15/h4-11H,12H2,1-3H3,(H,23,27)/t22-/m0/s1. The SMILES string of the molecule is COc1ccc([C@]2(C)NC(=O)N(Cc3cc(=O)oc4cc(C)ccc34)C2=O)cc1. The highest BCUT2D eigenvalue weighted by Gasteiger charge is 2.49. The van der Waals surface area contributed by atoms with Crippen LogP contribution in [0.3, 0.4) is 0 Å². The number of benzene rings is 2. The van der Waals surface area contributed by atoms with E-state index in [4.69, 9.17) is 9.15 Å². The van der Waals surface area contributed by atoms with Crippen LogP contribution in [0.5, 0.6) is 5.75 Å². The predicted molar refractivity (Wildman–Crippen MR) is 107 cm³/mol. The van der Waals surface area contributed by atoms with Gasteiger partial charge < -0.3 is 14.5 Å². The first-order chi connectivity index (χ1) is 13.8. The first-order valence-electron chi connectivity index (χ1n) is 9.14. The van der Waals surface area contributed by atoms with Gasteiger partial charge in [-0.2, -0.15) is 0 Å². The van der Waals surface area contributed by atoms with Gasteiger partial charge in [0, 0.05) is 11.5 Å². The largest absolute Gasteiger partial charge is 0.497 e. The highest BCUT2D eigenvalue weighted by Crippen LogP contribution is 2.31. The maximum Gasteiger partial charge on any atom is 0.336 e. The van der Waals surface area contributed by atoms with Crippen molar-refractivity contribution in [3.63, 3.8) is 0 Å². The van der Waals surface area contributed by atoms with Gasteiger partial charge >= 0.3 is 11.7 Å². The second-order valence-corrected chi connectivity index (χ2v) is 7.27. The van der Waals surface area contributed by atoms with Crippen LogP contribution in [0, 0.1) is 6.92 Å². The molecule has 0 unspecified atom stereocenters. The predicted octanol–water partition coefficient (Wildman–Crippen LogP) is 3.08. The van der Waals surface area contributed by atoms with Gasteiger partial charge in [0.15, 0.2) is 0 Å². The third-order valence-electron chi connectivity index (χ3n) is 5.26. The lowest BCUT2D eigenvalue weighted by Gasteiger charge is -2.22. The number of rotatable bonds is 4. The van der Waals surface area contributed by atoms with Crippen LogP contribution in [0.4, 0.5) is 4.79 Å². The molecule has 148 valence electrons. The van der Waals surface area contributed by atoms with Gasteiger partial charge in [-0.05, 0) is 48.7 Å². The van der Waals surface area contributed by atoms with Crippen molar-refractivity contribution < 1.29 is 18.7 Å². The number of fused-ring (bicyclic) bond motifs is 1. The molecule has 1 atom stereocenters. The van der Waals surface area contributed by atoms with Gasteiger partial charge in [0.05, 0.1) is 13.7 Å². The normalized spacial score (nSPS) is 18.9. The molecule has 7 nitrogen and oxygen atoms in total. The molecule has 0 saturated carbocycles. The zero-order valence-electron chi connectivity index (χ0n) is 16.3. The van der Waals surface area contributed by atoms with Crippen LogP contribution in [0.2, 0.25) is 0 Å². The Hall–Kier alpha value is -3.61. The summed E-state index contributed by atoms with van der Waals surface area (Å²) in [5.74, 6) is 0.268. The summed E-state index contributed by atoms with van der Waals surface area (Å²) in [5.41, 5.74) is 0.848. The van der Waals surface area contributed by atoms with Crippen LogP contribution in [0.1, 0.15) is 23.6 Å². The summed E-state index contributed by atoms with van der Waals surface area (Å²) in [4.78, 5) is 38.9. The van der Waals surface area contributed by atoms with Gasteiger partial charge in [-0.25, -0.2) is 9.59 Å². The van der Waals surface area contributed by atoms with E-state index in [-0.39, 0.29) is 12.5 Å². The van der Waals surface area contributed by atoms with E-state index >= 15 is 0 Å². The Balaban J connectivity index is 1.70. The average molecular weight is 392 g/mol. The quantitative estimate of drug-likeness (QED) is 0.544. The van der Waals surface area contributed by atoms with E-state index in [9.17, 15) is 14.4 Å². The van der Waals surface area contributed by atoms with E-state index in [1.54, 1.807) is 44.4 Å². The molecular weight excluding hydrogens is 372 g/mol. The summed E-state index contributed by atoms with van der Waals surface area (Å²) >= 11 is 0. The Kier molecular flexibility index (Phi) is 4.38. The van der Waals surface area contributed by atoms with Crippen molar-refractivity contribution >= 4 is 22.9 Å². The Morgan fingerprint density at radius 1 is 1.07 bits per heavy atom. The third-order valence-corrected chi connectivity index (χ3v) is 5.26. The second-order valence-electron chi connectivity index (χ2n) is 7.27. The first-order valence-corrected chi connectivity index (χ1v) is 9.14.